The van der Waals surface area contributed by atoms with Crippen LogP contribution in [0.25, 0.3) is 0 Å². The molecule has 0 aliphatic carbocycles. The maximum absolute atomic E-state index is 11.4. The van der Waals surface area contributed by atoms with E-state index < -0.39 is 0 Å². The highest BCUT2D eigenvalue weighted by atomic mass is 35.5. The molecule has 0 aromatic carbocycles. The molecule has 0 amide bonds. The van der Waals surface area contributed by atoms with Crippen LogP contribution in [0.3, 0.4) is 0 Å². The van der Waals surface area contributed by atoms with Gasteiger partial charge in [0, 0.05) is 17.1 Å². The first-order chi connectivity index (χ1) is 7.15. The number of aryl methyl sites for hydroxylation is 1. The van der Waals surface area contributed by atoms with Crippen LogP contribution in [0.2, 0.25) is 4.47 Å². The smallest absolute Gasteiger partial charge is 0.267 e. The Morgan fingerprint density at radius 1 is 1.53 bits per heavy atom. The first-order valence-electron chi connectivity index (χ1n) is 4.30. The maximum Gasteiger partial charge on any atom is 0.267 e. The Morgan fingerprint density at radius 3 is 3.00 bits per heavy atom. The molecular weight excluding hydrogens is 234 g/mol. The van der Waals surface area contributed by atoms with Gasteiger partial charge in [0.2, 0.25) is 0 Å². The third kappa shape index (κ3) is 2.43. The van der Waals surface area contributed by atoms with Crippen LogP contribution in [-0.4, -0.2) is 14.8 Å². The molecule has 2 rings (SSSR count). The van der Waals surface area contributed by atoms with Gasteiger partial charge < -0.3 is 0 Å². The number of thiazole rings is 1. The monoisotopic (exact) mass is 241 g/mol. The Balaban J connectivity index is 2.31. The molecule has 4 nitrogen and oxygen atoms in total. The number of hydrogen-bond acceptors (Lipinski definition) is 4. The summed E-state index contributed by atoms with van der Waals surface area (Å²) in [6, 6.07) is 3.20. The van der Waals surface area contributed by atoms with E-state index in [-0.39, 0.29) is 5.56 Å². The van der Waals surface area contributed by atoms with Gasteiger partial charge in [-0.3, -0.25) is 4.79 Å². The van der Waals surface area contributed by atoms with E-state index in [1.54, 1.807) is 12.3 Å². The quantitative estimate of drug-likeness (QED) is 0.804. The summed E-state index contributed by atoms with van der Waals surface area (Å²) in [6.07, 6.45) is 1.66. The van der Waals surface area contributed by atoms with Gasteiger partial charge in [0.1, 0.15) is 0 Å². The Hall–Kier alpha value is -1.20. The van der Waals surface area contributed by atoms with Crippen molar-refractivity contribution in [2.75, 3.05) is 0 Å². The fourth-order valence-corrected chi connectivity index (χ4v) is 2.13. The molecule has 78 valence electrons. The van der Waals surface area contributed by atoms with Crippen LogP contribution in [0.4, 0.5) is 0 Å². The van der Waals surface area contributed by atoms with Gasteiger partial charge in [0.15, 0.2) is 4.47 Å². The third-order valence-electron chi connectivity index (χ3n) is 1.83. The van der Waals surface area contributed by atoms with Crippen LogP contribution in [0.5, 0.6) is 0 Å². The van der Waals surface area contributed by atoms with E-state index in [2.05, 4.69) is 10.1 Å². The largest absolute Gasteiger partial charge is 0.268 e. The lowest BCUT2D eigenvalue weighted by atomic mass is 10.4. The molecule has 15 heavy (non-hydrogen) atoms. The lowest BCUT2D eigenvalue weighted by Gasteiger charge is -2.01. The fourth-order valence-electron chi connectivity index (χ4n) is 1.17. The van der Waals surface area contributed by atoms with Gasteiger partial charge in [-0.05, 0) is 13.0 Å². The Bertz CT molecular complexity index is 534. The van der Waals surface area contributed by atoms with Gasteiger partial charge in [-0.2, -0.15) is 5.10 Å². The second kappa shape index (κ2) is 4.12. The highest BCUT2D eigenvalue weighted by molar-refractivity contribution is 7.15. The summed E-state index contributed by atoms with van der Waals surface area (Å²) < 4.78 is 1.88. The minimum absolute atomic E-state index is 0.120. The number of rotatable bonds is 2. The Kier molecular flexibility index (Phi) is 2.83. The molecule has 0 fully saturated rings. The molecule has 6 heteroatoms. The van der Waals surface area contributed by atoms with Crippen molar-refractivity contribution < 1.29 is 0 Å². The molecule has 2 aromatic heterocycles. The summed E-state index contributed by atoms with van der Waals surface area (Å²) in [6.45, 7) is 2.26. The minimum atomic E-state index is -0.120. The molecule has 0 saturated heterocycles. The van der Waals surface area contributed by atoms with Gasteiger partial charge in [-0.1, -0.05) is 11.6 Å². The molecule has 0 saturated carbocycles. The summed E-state index contributed by atoms with van der Waals surface area (Å²) in [7, 11) is 0. The standard InChI is InChI=1S/C9H8ClN3OS/c1-6-2-3-8(14)13(12-6)5-7-4-11-9(10)15-7/h2-4H,5H2,1H3. The van der Waals surface area contributed by atoms with E-state index in [1.165, 1.54) is 22.1 Å². The van der Waals surface area contributed by atoms with Crippen LogP contribution < -0.4 is 5.56 Å². The second-order valence-corrected chi connectivity index (χ2v) is 4.75. The number of nitrogens with zero attached hydrogens (tertiary/aromatic N) is 3. The Labute approximate surface area is 95.2 Å². The highest BCUT2D eigenvalue weighted by Crippen LogP contribution is 2.17. The summed E-state index contributed by atoms with van der Waals surface area (Å²) in [5, 5.41) is 4.12. The zero-order valence-electron chi connectivity index (χ0n) is 7.98. The molecule has 0 N–H and O–H groups in total. The lowest BCUT2D eigenvalue weighted by Crippen LogP contribution is -2.22. The van der Waals surface area contributed by atoms with Crippen LogP contribution in [0.15, 0.2) is 23.1 Å². The number of halogens is 1. The average molecular weight is 242 g/mol. The van der Waals surface area contributed by atoms with Crippen LogP contribution in [0.1, 0.15) is 10.6 Å². The average Bonchev–Trinajstić information content (AvgIpc) is 2.58. The van der Waals surface area contributed by atoms with Crippen molar-refractivity contribution in [3.05, 3.63) is 43.7 Å². The second-order valence-electron chi connectivity index (χ2n) is 3.05. The van der Waals surface area contributed by atoms with E-state index in [0.717, 1.165) is 10.6 Å². The SMILES string of the molecule is Cc1ccc(=O)n(Cc2cnc(Cl)s2)n1. The van der Waals surface area contributed by atoms with Crippen molar-refractivity contribution in [2.24, 2.45) is 0 Å². The highest BCUT2D eigenvalue weighted by Gasteiger charge is 2.03. The van der Waals surface area contributed by atoms with Gasteiger partial charge >= 0.3 is 0 Å². The molecule has 0 atom stereocenters. The molecule has 2 heterocycles. The van der Waals surface area contributed by atoms with Crippen LogP contribution >= 0.6 is 22.9 Å². The molecule has 0 aliphatic heterocycles. The summed E-state index contributed by atoms with van der Waals surface area (Å²) in [5.41, 5.74) is 0.690. The van der Waals surface area contributed by atoms with E-state index in [4.69, 9.17) is 11.6 Å². The molecule has 0 aliphatic rings. The molecule has 0 spiro atoms. The van der Waals surface area contributed by atoms with E-state index in [1.807, 2.05) is 6.92 Å². The molecule has 2 aromatic rings. The van der Waals surface area contributed by atoms with Crippen molar-refractivity contribution in [3.8, 4) is 0 Å². The minimum Gasteiger partial charge on any atom is -0.268 e. The fraction of sp³-hybridized carbons (Fsp3) is 0.222. The van der Waals surface area contributed by atoms with Crippen LogP contribution in [-0.2, 0) is 6.54 Å². The van der Waals surface area contributed by atoms with E-state index in [0.29, 0.717) is 11.0 Å². The normalized spacial score (nSPS) is 10.5. The van der Waals surface area contributed by atoms with Gasteiger partial charge in [0.05, 0.1) is 12.2 Å². The van der Waals surface area contributed by atoms with Crippen molar-refractivity contribution in [1.29, 1.82) is 0 Å². The predicted molar refractivity (Wildman–Crippen MR) is 59.5 cm³/mol. The molecule has 0 radical (unpaired) electrons. The van der Waals surface area contributed by atoms with Crippen LogP contribution in [0, 0.1) is 6.92 Å². The zero-order chi connectivity index (χ0) is 10.8. The molecular formula is C9H8ClN3OS. The topological polar surface area (TPSA) is 47.8 Å². The number of aromatic nitrogens is 3. The van der Waals surface area contributed by atoms with Gasteiger partial charge in [-0.25, -0.2) is 9.67 Å². The molecule has 0 unspecified atom stereocenters. The van der Waals surface area contributed by atoms with Crippen molar-refractivity contribution in [3.63, 3.8) is 0 Å². The summed E-state index contributed by atoms with van der Waals surface area (Å²) >= 11 is 7.05. The lowest BCUT2D eigenvalue weighted by molar-refractivity contribution is 0.633. The first kappa shape index (κ1) is 10.3. The summed E-state index contributed by atoms with van der Waals surface area (Å²) in [4.78, 5) is 16.3. The van der Waals surface area contributed by atoms with Crippen molar-refractivity contribution in [2.45, 2.75) is 13.5 Å². The van der Waals surface area contributed by atoms with E-state index in [9.17, 15) is 4.79 Å². The van der Waals surface area contributed by atoms with E-state index >= 15 is 0 Å². The number of hydrogen-bond donors (Lipinski definition) is 0. The third-order valence-corrected chi connectivity index (χ3v) is 2.93. The van der Waals surface area contributed by atoms with Gasteiger partial charge in [-0.15, -0.1) is 11.3 Å². The molecule has 0 bridgehead atoms. The van der Waals surface area contributed by atoms with Gasteiger partial charge in [0.25, 0.3) is 5.56 Å². The van der Waals surface area contributed by atoms with Crippen molar-refractivity contribution in [1.82, 2.24) is 14.8 Å². The first-order valence-corrected chi connectivity index (χ1v) is 5.49. The Morgan fingerprint density at radius 2 is 2.33 bits per heavy atom. The predicted octanol–water partition coefficient (Wildman–Crippen LogP) is 1.71. The zero-order valence-corrected chi connectivity index (χ0v) is 9.55. The summed E-state index contributed by atoms with van der Waals surface area (Å²) in [5.74, 6) is 0. The van der Waals surface area contributed by atoms with Crippen molar-refractivity contribution >= 4 is 22.9 Å². The maximum atomic E-state index is 11.4.